The molecule has 0 aliphatic carbocycles. The molecule has 4 heteroatoms. The second kappa shape index (κ2) is 4.37. The van der Waals surface area contributed by atoms with Gasteiger partial charge >= 0.3 is 0 Å². The summed E-state index contributed by atoms with van der Waals surface area (Å²) in [5.41, 5.74) is 1.21. The Hall–Kier alpha value is -1.55. The number of hydrogen-bond donors (Lipinski definition) is 0. The molecule has 0 radical (unpaired) electrons. The van der Waals surface area contributed by atoms with Crippen LogP contribution in [0.3, 0.4) is 0 Å². The maximum absolute atomic E-state index is 11.2. The number of Topliss-reactive ketones (excluding diaryl/α,β-unsaturated/α-hetero) is 1. The fourth-order valence-electron chi connectivity index (χ4n) is 2.26. The summed E-state index contributed by atoms with van der Waals surface area (Å²) >= 11 is 0. The van der Waals surface area contributed by atoms with Crippen LogP contribution in [0.1, 0.15) is 18.4 Å². The van der Waals surface area contributed by atoms with Crippen molar-refractivity contribution >= 4 is 5.78 Å². The minimum absolute atomic E-state index is 0.316. The van der Waals surface area contributed by atoms with Crippen LogP contribution in [0, 0.1) is 0 Å². The second-order valence-corrected chi connectivity index (χ2v) is 4.50. The van der Waals surface area contributed by atoms with E-state index in [-0.39, 0.29) is 0 Å². The van der Waals surface area contributed by atoms with Gasteiger partial charge in [-0.15, -0.1) is 0 Å². The second-order valence-electron chi connectivity index (χ2n) is 4.50. The molecule has 1 saturated heterocycles. The van der Waals surface area contributed by atoms with E-state index in [1.165, 1.54) is 5.56 Å². The largest absolute Gasteiger partial charge is 0.454 e. The van der Waals surface area contributed by atoms with E-state index in [2.05, 4.69) is 11.0 Å². The van der Waals surface area contributed by atoms with Crippen LogP contribution in [0.4, 0.5) is 0 Å². The third-order valence-electron chi connectivity index (χ3n) is 3.26. The standard InChI is InChI=1S/C13H15NO3/c15-11-3-5-14(6-4-11)8-10-1-2-12-13(7-10)17-9-16-12/h1-2,7H,3-6,8-9H2. The van der Waals surface area contributed by atoms with Crippen molar-refractivity contribution in [3.8, 4) is 11.5 Å². The van der Waals surface area contributed by atoms with Gasteiger partial charge in [-0.3, -0.25) is 9.69 Å². The molecule has 17 heavy (non-hydrogen) atoms. The Morgan fingerprint density at radius 2 is 1.88 bits per heavy atom. The van der Waals surface area contributed by atoms with Crippen molar-refractivity contribution in [2.45, 2.75) is 19.4 Å². The Morgan fingerprint density at radius 3 is 2.71 bits per heavy atom. The fraction of sp³-hybridized carbons (Fsp3) is 0.462. The molecule has 1 fully saturated rings. The van der Waals surface area contributed by atoms with E-state index in [9.17, 15) is 4.79 Å². The van der Waals surface area contributed by atoms with Crippen molar-refractivity contribution in [3.63, 3.8) is 0 Å². The van der Waals surface area contributed by atoms with Crippen LogP contribution in [0.2, 0.25) is 0 Å². The molecule has 2 aliphatic heterocycles. The molecule has 1 aromatic rings. The number of benzene rings is 1. The molecule has 4 nitrogen and oxygen atoms in total. The molecule has 0 atom stereocenters. The Labute approximate surface area is 100 Å². The average molecular weight is 233 g/mol. The summed E-state index contributed by atoms with van der Waals surface area (Å²) in [5.74, 6) is 2.03. The van der Waals surface area contributed by atoms with Crippen LogP contribution in [-0.2, 0) is 11.3 Å². The highest BCUT2D eigenvalue weighted by atomic mass is 16.7. The monoisotopic (exact) mass is 233 g/mol. The highest BCUT2D eigenvalue weighted by Gasteiger charge is 2.18. The predicted octanol–water partition coefficient (Wildman–Crippen LogP) is 1.58. The van der Waals surface area contributed by atoms with E-state index in [4.69, 9.17) is 9.47 Å². The zero-order valence-electron chi connectivity index (χ0n) is 9.65. The SMILES string of the molecule is O=C1CCN(Cc2ccc3c(c2)OCO3)CC1. The molecular formula is C13H15NO3. The van der Waals surface area contributed by atoms with Crippen molar-refractivity contribution < 1.29 is 14.3 Å². The first-order valence-corrected chi connectivity index (χ1v) is 5.94. The number of likely N-dealkylation sites (tertiary alicyclic amines) is 1. The van der Waals surface area contributed by atoms with Gasteiger partial charge in [-0.25, -0.2) is 0 Å². The van der Waals surface area contributed by atoms with Crippen molar-refractivity contribution in [1.82, 2.24) is 4.90 Å². The summed E-state index contributed by atoms with van der Waals surface area (Å²) < 4.78 is 10.6. The molecule has 2 heterocycles. The third-order valence-corrected chi connectivity index (χ3v) is 3.26. The molecule has 90 valence electrons. The number of carbonyl (C=O) groups excluding carboxylic acids is 1. The highest BCUT2D eigenvalue weighted by molar-refractivity contribution is 5.79. The zero-order chi connectivity index (χ0) is 11.7. The maximum Gasteiger partial charge on any atom is 0.231 e. The van der Waals surface area contributed by atoms with E-state index in [0.29, 0.717) is 25.4 Å². The molecule has 1 aromatic carbocycles. The molecule has 0 bridgehead atoms. The van der Waals surface area contributed by atoms with E-state index in [0.717, 1.165) is 31.1 Å². The fourth-order valence-corrected chi connectivity index (χ4v) is 2.26. The lowest BCUT2D eigenvalue weighted by molar-refractivity contribution is -0.121. The van der Waals surface area contributed by atoms with Crippen LogP contribution in [0.25, 0.3) is 0 Å². The van der Waals surface area contributed by atoms with Crippen LogP contribution in [0.15, 0.2) is 18.2 Å². The molecule has 2 aliphatic rings. The number of ketones is 1. The van der Waals surface area contributed by atoms with Crippen LogP contribution < -0.4 is 9.47 Å². The Morgan fingerprint density at radius 1 is 1.12 bits per heavy atom. The highest BCUT2D eigenvalue weighted by Crippen LogP contribution is 2.32. The lowest BCUT2D eigenvalue weighted by Gasteiger charge is -2.25. The third kappa shape index (κ3) is 2.26. The summed E-state index contributed by atoms with van der Waals surface area (Å²) in [7, 11) is 0. The van der Waals surface area contributed by atoms with Gasteiger partial charge in [0, 0.05) is 32.5 Å². The predicted molar refractivity (Wildman–Crippen MR) is 62.1 cm³/mol. The Kier molecular flexibility index (Phi) is 2.73. The summed E-state index contributed by atoms with van der Waals surface area (Å²) in [4.78, 5) is 13.5. The van der Waals surface area contributed by atoms with E-state index >= 15 is 0 Å². The van der Waals surface area contributed by atoms with Gasteiger partial charge in [0.15, 0.2) is 11.5 Å². The maximum atomic E-state index is 11.2. The summed E-state index contributed by atoms with van der Waals surface area (Å²) in [5, 5.41) is 0. The van der Waals surface area contributed by atoms with Crippen molar-refractivity contribution in [3.05, 3.63) is 23.8 Å². The molecule has 3 rings (SSSR count). The molecule has 0 aromatic heterocycles. The lowest BCUT2D eigenvalue weighted by atomic mass is 10.1. The van der Waals surface area contributed by atoms with E-state index < -0.39 is 0 Å². The lowest BCUT2D eigenvalue weighted by Crippen LogP contribution is -2.33. The first-order valence-electron chi connectivity index (χ1n) is 5.94. The van der Waals surface area contributed by atoms with Crippen LogP contribution >= 0.6 is 0 Å². The zero-order valence-corrected chi connectivity index (χ0v) is 9.65. The number of piperidine rings is 1. The summed E-state index contributed by atoms with van der Waals surface area (Å²) in [6.07, 6.45) is 1.37. The molecular weight excluding hydrogens is 218 g/mol. The minimum Gasteiger partial charge on any atom is -0.454 e. The molecule has 0 unspecified atom stereocenters. The first kappa shape index (κ1) is 10.6. The van der Waals surface area contributed by atoms with Crippen LogP contribution in [0.5, 0.6) is 11.5 Å². The minimum atomic E-state index is 0.316. The van der Waals surface area contributed by atoms with Gasteiger partial charge in [0.05, 0.1) is 0 Å². The Bertz CT molecular complexity index is 434. The number of hydrogen-bond acceptors (Lipinski definition) is 4. The average Bonchev–Trinajstić information content (AvgIpc) is 2.79. The summed E-state index contributed by atoms with van der Waals surface area (Å²) in [6.45, 7) is 2.93. The topological polar surface area (TPSA) is 38.8 Å². The quantitative estimate of drug-likeness (QED) is 0.777. The van der Waals surface area contributed by atoms with Crippen molar-refractivity contribution in [2.75, 3.05) is 19.9 Å². The molecule has 0 amide bonds. The number of fused-ring (bicyclic) bond motifs is 1. The van der Waals surface area contributed by atoms with Gasteiger partial charge in [0.2, 0.25) is 6.79 Å². The summed E-state index contributed by atoms with van der Waals surface area (Å²) in [6, 6.07) is 6.04. The van der Waals surface area contributed by atoms with E-state index in [1.807, 2.05) is 12.1 Å². The van der Waals surface area contributed by atoms with Gasteiger partial charge in [-0.05, 0) is 17.7 Å². The Balaban J connectivity index is 1.67. The van der Waals surface area contributed by atoms with Crippen molar-refractivity contribution in [2.24, 2.45) is 0 Å². The molecule has 0 saturated carbocycles. The number of carbonyl (C=O) groups is 1. The number of nitrogens with zero attached hydrogens (tertiary/aromatic N) is 1. The number of ether oxygens (including phenoxy) is 2. The normalized spacial score (nSPS) is 19.6. The van der Waals surface area contributed by atoms with Gasteiger partial charge in [0.25, 0.3) is 0 Å². The smallest absolute Gasteiger partial charge is 0.231 e. The van der Waals surface area contributed by atoms with Crippen LogP contribution in [-0.4, -0.2) is 30.6 Å². The van der Waals surface area contributed by atoms with Gasteiger partial charge in [0.1, 0.15) is 5.78 Å². The number of rotatable bonds is 2. The first-order chi connectivity index (χ1) is 8.31. The van der Waals surface area contributed by atoms with Crippen molar-refractivity contribution in [1.29, 1.82) is 0 Å². The molecule has 0 spiro atoms. The van der Waals surface area contributed by atoms with E-state index in [1.54, 1.807) is 0 Å². The van der Waals surface area contributed by atoms with Gasteiger partial charge in [-0.1, -0.05) is 6.07 Å². The van der Waals surface area contributed by atoms with Gasteiger partial charge < -0.3 is 9.47 Å². The van der Waals surface area contributed by atoms with Gasteiger partial charge in [-0.2, -0.15) is 0 Å². The molecule has 0 N–H and O–H groups in total.